The predicted molar refractivity (Wildman–Crippen MR) is 144 cm³/mol. The first-order chi connectivity index (χ1) is 19.6. The molecule has 15 heteroatoms. The summed E-state index contributed by atoms with van der Waals surface area (Å²) in [7, 11) is -1.15. The van der Waals surface area contributed by atoms with Gasteiger partial charge < -0.3 is 20.8 Å². The van der Waals surface area contributed by atoms with Gasteiger partial charge in [-0.2, -0.15) is 0 Å². The number of nitrogens with two attached hydrogens (primary N) is 1. The normalized spacial score (nSPS) is 31.6. The smallest absolute Gasteiger partial charge is 0.235 e. The Morgan fingerprint density at radius 1 is 1.19 bits per heavy atom. The van der Waals surface area contributed by atoms with Crippen LogP contribution in [0.3, 0.4) is 0 Å². The second kappa shape index (κ2) is 10.5. The number of nitrogens with one attached hydrogen (secondary N) is 1. The molecule has 1 aliphatic heterocycles. The van der Waals surface area contributed by atoms with Gasteiger partial charge in [0.2, 0.25) is 15.9 Å². The van der Waals surface area contributed by atoms with Crippen molar-refractivity contribution in [3.8, 4) is 5.75 Å². The highest BCUT2D eigenvalue weighted by atomic mass is 32.2. The fourth-order valence-electron chi connectivity index (χ4n) is 7.18. The SMILES string of the molecule is CN(C)[C@@H]1C(=O)C(C(N)=O)C(=O)[C@@]2(O)C(=O)C3C(=O)c4c(O)c(NS(=O)(=O)CCN5CCCC5)cc(F)c4C[C@H]3C[C@@H]12. The van der Waals surface area contributed by atoms with Crippen molar-refractivity contribution in [2.24, 2.45) is 29.4 Å². The summed E-state index contributed by atoms with van der Waals surface area (Å²) in [5, 5.41) is 22.6. The van der Waals surface area contributed by atoms with Crippen LogP contribution in [0.5, 0.6) is 5.75 Å². The van der Waals surface area contributed by atoms with Crippen LogP contribution in [0.25, 0.3) is 0 Å². The number of likely N-dealkylation sites (N-methyl/N-ethyl adjacent to an activating group) is 1. The van der Waals surface area contributed by atoms with Crippen molar-refractivity contribution >= 4 is 44.8 Å². The minimum atomic E-state index is -4.07. The third-order valence-electron chi connectivity index (χ3n) is 9.15. The van der Waals surface area contributed by atoms with Gasteiger partial charge in [-0.25, -0.2) is 12.8 Å². The summed E-state index contributed by atoms with van der Waals surface area (Å²) in [4.78, 5) is 69.4. The molecule has 6 atom stereocenters. The van der Waals surface area contributed by atoms with Gasteiger partial charge in [-0.05, 0) is 58.8 Å². The van der Waals surface area contributed by atoms with E-state index in [1.165, 1.54) is 19.0 Å². The van der Waals surface area contributed by atoms with Gasteiger partial charge in [-0.15, -0.1) is 0 Å². The number of ketones is 4. The van der Waals surface area contributed by atoms with E-state index in [2.05, 4.69) is 4.72 Å². The van der Waals surface area contributed by atoms with E-state index in [0.29, 0.717) is 0 Å². The fraction of sp³-hybridized carbons (Fsp3) is 0.593. The molecule has 42 heavy (non-hydrogen) atoms. The largest absolute Gasteiger partial charge is 0.505 e. The Bertz CT molecular complexity index is 1510. The van der Waals surface area contributed by atoms with E-state index in [4.69, 9.17) is 5.73 Å². The van der Waals surface area contributed by atoms with E-state index in [1.54, 1.807) is 0 Å². The number of amides is 1. The first kappa shape index (κ1) is 30.2. The Balaban J connectivity index is 1.51. The number of fused-ring (bicyclic) bond motifs is 3. The number of phenols is 1. The van der Waals surface area contributed by atoms with Crippen molar-refractivity contribution in [1.82, 2.24) is 9.80 Å². The molecule has 0 aromatic heterocycles. The number of carbonyl (C=O) groups is 5. The second-order valence-corrected chi connectivity index (χ2v) is 13.7. The maximum atomic E-state index is 15.4. The summed E-state index contributed by atoms with van der Waals surface area (Å²) in [6.45, 7) is 1.72. The number of carbonyl (C=O) groups excluding carboxylic acids is 5. The number of benzene rings is 1. The van der Waals surface area contributed by atoms with Gasteiger partial charge in [-0.1, -0.05) is 0 Å². The highest BCUT2D eigenvalue weighted by Crippen LogP contribution is 2.51. The summed E-state index contributed by atoms with van der Waals surface area (Å²) in [5.41, 5.74) is 0.923. The molecule has 2 saturated carbocycles. The lowest BCUT2D eigenvalue weighted by atomic mass is 9.52. The second-order valence-electron chi connectivity index (χ2n) is 11.9. The average Bonchev–Trinajstić information content (AvgIpc) is 3.41. The number of Topliss-reactive ketones (excluding diaryl/α,β-unsaturated/α-hetero) is 4. The summed E-state index contributed by atoms with van der Waals surface area (Å²) in [6.07, 6.45) is 1.40. The van der Waals surface area contributed by atoms with Crippen LogP contribution in [0, 0.1) is 29.5 Å². The van der Waals surface area contributed by atoms with Crippen molar-refractivity contribution in [3.05, 3.63) is 23.0 Å². The van der Waals surface area contributed by atoms with E-state index in [-0.39, 0.29) is 30.7 Å². The number of sulfonamides is 1. The molecule has 3 aliphatic carbocycles. The number of nitrogens with zero attached hydrogens (tertiary/aromatic N) is 2. The zero-order valence-electron chi connectivity index (χ0n) is 23.1. The third-order valence-corrected chi connectivity index (χ3v) is 10.4. The predicted octanol–water partition coefficient (Wildman–Crippen LogP) is -1.16. The fourth-order valence-corrected chi connectivity index (χ4v) is 8.27. The molecule has 1 heterocycles. The minimum Gasteiger partial charge on any atom is -0.505 e. The molecule has 3 fully saturated rings. The Labute approximate surface area is 241 Å². The molecule has 5 rings (SSSR count). The molecule has 0 radical (unpaired) electrons. The maximum absolute atomic E-state index is 15.4. The first-order valence-corrected chi connectivity index (χ1v) is 15.4. The van der Waals surface area contributed by atoms with Crippen LogP contribution >= 0.6 is 0 Å². The highest BCUT2D eigenvalue weighted by Gasteiger charge is 2.69. The Kier molecular flexibility index (Phi) is 7.53. The molecule has 228 valence electrons. The zero-order chi connectivity index (χ0) is 30.9. The lowest BCUT2D eigenvalue weighted by Crippen LogP contribution is -2.74. The molecule has 1 aromatic carbocycles. The topological polar surface area (TPSA) is 204 Å². The standard InChI is InChI=1S/C27H33FN4O9S/c1-31(2)20-14-10-12-9-13-15(28)11-16(30-42(40,41)8-7-32-5-3-4-6-32)21(33)18(13)22(34)17(12)24(36)27(14,39)25(37)19(23(20)35)26(29)38/h11-12,14,17,19-20,30,33,39H,3-10H2,1-2H3,(H2,29,38)/t12-,14-,17?,19?,20-,27-/m0/s1. The van der Waals surface area contributed by atoms with Gasteiger partial charge >= 0.3 is 0 Å². The molecule has 0 spiro atoms. The summed E-state index contributed by atoms with van der Waals surface area (Å²) < 4.78 is 43.0. The summed E-state index contributed by atoms with van der Waals surface area (Å²) in [6, 6.07) is -0.508. The summed E-state index contributed by atoms with van der Waals surface area (Å²) in [5.74, 6) is -14.4. The van der Waals surface area contributed by atoms with E-state index >= 15 is 4.39 Å². The number of hydrogen-bond acceptors (Lipinski definition) is 11. The third kappa shape index (κ3) is 4.62. The number of anilines is 1. The van der Waals surface area contributed by atoms with Gasteiger partial charge in [0.05, 0.1) is 29.0 Å². The lowest BCUT2D eigenvalue weighted by molar-refractivity contribution is -0.181. The van der Waals surface area contributed by atoms with E-state index in [0.717, 1.165) is 32.0 Å². The minimum absolute atomic E-state index is 0.219. The number of likely N-dealkylation sites (tertiary alicyclic amines) is 1. The van der Waals surface area contributed by atoms with Crippen LogP contribution in [0.15, 0.2) is 6.07 Å². The van der Waals surface area contributed by atoms with E-state index in [9.17, 15) is 42.6 Å². The molecule has 2 unspecified atom stereocenters. The van der Waals surface area contributed by atoms with Gasteiger partial charge in [0.15, 0.2) is 40.4 Å². The Morgan fingerprint density at radius 2 is 1.83 bits per heavy atom. The zero-order valence-corrected chi connectivity index (χ0v) is 23.9. The van der Waals surface area contributed by atoms with Crippen molar-refractivity contribution in [2.45, 2.75) is 37.3 Å². The van der Waals surface area contributed by atoms with Crippen LogP contribution in [0.2, 0.25) is 0 Å². The molecule has 5 N–H and O–H groups in total. The molecule has 1 aromatic rings. The van der Waals surface area contributed by atoms with Crippen LogP contribution in [-0.4, -0.2) is 109 Å². The van der Waals surface area contributed by atoms with Crippen molar-refractivity contribution in [1.29, 1.82) is 0 Å². The van der Waals surface area contributed by atoms with Crippen molar-refractivity contribution in [2.75, 3.05) is 44.2 Å². The Morgan fingerprint density at radius 3 is 2.43 bits per heavy atom. The molecule has 0 bridgehead atoms. The summed E-state index contributed by atoms with van der Waals surface area (Å²) >= 11 is 0. The van der Waals surface area contributed by atoms with Crippen LogP contribution in [-0.2, 0) is 35.6 Å². The first-order valence-electron chi connectivity index (χ1n) is 13.7. The van der Waals surface area contributed by atoms with E-state index in [1.807, 2.05) is 4.90 Å². The van der Waals surface area contributed by atoms with Crippen molar-refractivity contribution in [3.63, 3.8) is 0 Å². The molecular formula is C27H33FN4O9S. The molecular weight excluding hydrogens is 575 g/mol. The monoisotopic (exact) mass is 608 g/mol. The molecule has 13 nitrogen and oxygen atoms in total. The van der Waals surface area contributed by atoms with Gasteiger partial charge in [0.25, 0.3) is 0 Å². The number of hydrogen-bond donors (Lipinski definition) is 4. The lowest BCUT2D eigenvalue weighted by Gasteiger charge is -2.52. The van der Waals surface area contributed by atoms with Crippen LogP contribution < -0.4 is 10.5 Å². The number of primary amides is 1. The maximum Gasteiger partial charge on any atom is 0.235 e. The van der Waals surface area contributed by atoms with Crippen LogP contribution in [0.4, 0.5) is 10.1 Å². The van der Waals surface area contributed by atoms with E-state index < -0.39 is 97.2 Å². The van der Waals surface area contributed by atoms with Gasteiger partial charge in [-0.3, -0.25) is 33.6 Å². The van der Waals surface area contributed by atoms with Gasteiger partial charge in [0, 0.05) is 24.1 Å². The highest BCUT2D eigenvalue weighted by molar-refractivity contribution is 7.92. The number of halogens is 1. The average molecular weight is 609 g/mol. The molecule has 1 saturated heterocycles. The van der Waals surface area contributed by atoms with Crippen molar-refractivity contribution < 1.29 is 47.0 Å². The van der Waals surface area contributed by atoms with Gasteiger partial charge in [0.1, 0.15) is 5.82 Å². The van der Waals surface area contributed by atoms with Crippen LogP contribution in [0.1, 0.15) is 35.2 Å². The number of aliphatic hydroxyl groups is 1. The molecule has 1 amide bonds. The number of phenolic OH excluding ortho intramolecular Hbond substituents is 1. The Hall–Kier alpha value is -3.27. The number of rotatable bonds is 7. The molecule has 4 aliphatic rings. The quantitative estimate of drug-likeness (QED) is 0.215. The number of aromatic hydroxyl groups is 1.